The Morgan fingerprint density at radius 1 is 0.667 bits per heavy atom. The SMILES string of the molecule is CC(C)(C)OC(=O)C1CCCN1C(=O)CN1CCCCCN(CC(=O)N2CCCC2C(=O)OC(C)(C)C)Cc2cccc(n2)C1. The van der Waals surface area contributed by atoms with Gasteiger partial charge in [-0.3, -0.25) is 24.4 Å². The van der Waals surface area contributed by atoms with Crippen LogP contribution in [0.3, 0.4) is 0 Å². The number of likely N-dealkylation sites (tertiary alicyclic amines) is 2. The van der Waals surface area contributed by atoms with E-state index in [4.69, 9.17) is 14.5 Å². The molecule has 3 aliphatic rings. The second kappa shape index (κ2) is 15.0. The minimum atomic E-state index is -0.596. The third-order valence-electron chi connectivity index (χ3n) is 8.31. The zero-order chi connectivity index (χ0) is 32.8. The summed E-state index contributed by atoms with van der Waals surface area (Å²) in [6.45, 7) is 15.1. The molecule has 0 saturated carbocycles. The minimum absolute atomic E-state index is 0.0529. The van der Waals surface area contributed by atoms with E-state index in [1.807, 2.05) is 59.7 Å². The Morgan fingerprint density at radius 3 is 1.49 bits per heavy atom. The highest BCUT2D eigenvalue weighted by atomic mass is 16.6. The summed E-state index contributed by atoms with van der Waals surface area (Å²) >= 11 is 0. The van der Waals surface area contributed by atoms with E-state index < -0.39 is 23.3 Å². The fraction of sp³-hybridized carbons (Fsp3) is 0.735. The van der Waals surface area contributed by atoms with Gasteiger partial charge >= 0.3 is 11.9 Å². The molecule has 0 radical (unpaired) electrons. The number of rotatable bonds is 6. The van der Waals surface area contributed by atoms with Crippen molar-refractivity contribution in [2.45, 2.75) is 123 Å². The van der Waals surface area contributed by atoms with E-state index in [2.05, 4.69) is 9.80 Å². The van der Waals surface area contributed by atoms with Crippen molar-refractivity contribution >= 4 is 23.8 Å². The first-order valence-electron chi connectivity index (χ1n) is 16.6. The number of pyridine rings is 1. The van der Waals surface area contributed by atoms with Crippen LogP contribution in [-0.2, 0) is 41.7 Å². The minimum Gasteiger partial charge on any atom is -0.458 e. The van der Waals surface area contributed by atoms with E-state index in [0.717, 1.165) is 56.6 Å². The number of aromatic nitrogens is 1. The van der Waals surface area contributed by atoms with E-state index in [9.17, 15) is 19.2 Å². The lowest BCUT2D eigenvalue weighted by Gasteiger charge is -2.31. The Bertz CT molecular complexity index is 1120. The average molecular weight is 628 g/mol. The molecule has 2 fully saturated rings. The van der Waals surface area contributed by atoms with Crippen molar-refractivity contribution in [2.24, 2.45) is 0 Å². The molecule has 2 unspecified atom stereocenters. The highest BCUT2D eigenvalue weighted by Gasteiger charge is 2.38. The molecule has 2 bridgehead atoms. The molecular formula is C34H53N5O6. The van der Waals surface area contributed by atoms with E-state index in [0.29, 0.717) is 39.0 Å². The summed E-state index contributed by atoms with van der Waals surface area (Å²) in [5.41, 5.74) is 0.534. The van der Waals surface area contributed by atoms with Crippen LogP contribution in [0.25, 0.3) is 0 Å². The number of hydrogen-bond donors (Lipinski definition) is 0. The molecule has 0 spiro atoms. The Kier molecular flexibility index (Phi) is 11.6. The molecule has 11 nitrogen and oxygen atoms in total. The lowest BCUT2D eigenvalue weighted by Crippen LogP contribution is -2.47. The molecule has 0 aromatic carbocycles. The third kappa shape index (κ3) is 10.5. The fourth-order valence-corrected chi connectivity index (χ4v) is 6.36. The zero-order valence-corrected chi connectivity index (χ0v) is 28.2. The number of nitrogens with zero attached hydrogens (tertiary/aromatic N) is 5. The van der Waals surface area contributed by atoms with Crippen molar-refractivity contribution in [3.63, 3.8) is 0 Å². The van der Waals surface area contributed by atoms with Crippen molar-refractivity contribution in [3.05, 3.63) is 29.6 Å². The smallest absolute Gasteiger partial charge is 0.329 e. The van der Waals surface area contributed by atoms with Crippen LogP contribution >= 0.6 is 0 Å². The van der Waals surface area contributed by atoms with Crippen molar-refractivity contribution in [2.75, 3.05) is 39.3 Å². The Morgan fingerprint density at radius 2 is 1.09 bits per heavy atom. The normalized spacial score (nSPS) is 22.4. The fourth-order valence-electron chi connectivity index (χ4n) is 6.36. The van der Waals surface area contributed by atoms with Crippen molar-refractivity contribution in [1.29, 1.82) is 0 Å². The topological polar surface area (TPSA) is 113 Å². The number of hydrogen-bond acceptors (Lipinski definition) is 9. The second-order valence-electron chi connectivity index (χ2n) is 14.7. The number of carbonyl (C=O) groups is 4. The van der Waals surface area contributed by atoms with Gasteiger partial charge in [-0.05, 0) is 105 Å². The first-order valence-corrected chi connectivity index (χ1v) is 16.6. The van der Waals surface area contributed by atoms with Gasteiger partial charge in [0.15, 0.2) is 0 Å². The zero-order valence-electron chi connectivity index (χ0n) is 28.2. The molecule has 11 heteroatoms. The number of carbonyl (C=O) groups excluding carboxylic acids is 4. The summed E-state index contributed by atoms with van der Waals surface area (Å²) in [7, 11) is 0. The summed E-state index contributed by atoms with van der Waals surface area (Å²) in [6.07, 6.45) is 5.58. The van der Waals surface area contributed by atoms with Crippen LogP contribution in [0.5, 0.6) is 0 Å². The number of amides is 2. The highest BCUT2D eigenvalue weighted by molar-refractivity contribution is 5.87. The van der Waals surface area contributed by atoms with E-state index in [-0.39, 0.29) is 36.8 Å². The van der Waals surface area contributed by atoms with Crippen LogP contribution < -0.4 is 0 Å². The molecular weight excluding hydrogens is 574 g/mol. The van der Waals surface area contributed by atoms with Gasteiger partial charge in [-0.15, -0.1) is 0 Å². The maximum Gasteiger partial charge on any atom is 0.329 e. The summed E-state index contributed by atoms with van der Waals surface area (Å²) < 4.78 is 11.2. The van der Waals surface area contributed by atoms with Gasteiger partial charge in [0.1, 0.15) is 23.3 Å². The van der Waals surface area contributed by atoms with Gasteiger partial charge in [0.25, 0.3) is 0 Å². The maximum absolute atomic E-state index is 13.5. The summed E-state index contributed by atoms with van der Waals surface area (Å²) in [5, 5.41) is 0. The van der Waals surface area contributed by atoms with Gasteiger partial charge in [-0.2, -0.15) is 0 Å². The van der Waals surface area contributed by atoms with Crippen LogP contribution in [0.2, 0.25) is 0 Å². The van der Waals surface area contributed by atoms with Crippen LogP contribution in [0.1, 0.15) is 97.9 Å². The average Bonchev–Trinajstić information content (AvgIpc) is 3.61. The molecule has 2 amide bonds. The first-order chi connectivity index (χ1) is 21.2. The molecule has 45 heavy (non-hydrogen) atoms. The van der Waals surface area contributed by atoms with Gasteiger partial charge in [-0.1, -0.05) is 12.5 Å². The molecule has 4 rings (SSSR count). The molecule has 1 aromatic rings. The molecule has 0 aliphatic carbocycles. The number of fused-ring (bicyclic) bond motifs is 2. The number of ether oxygens (including phenoxy) is 2. The van der Waals surface area contributed by atoms with Crippen molar-refractivity contribution in [3.8, 4) is 0 Å². The van der Waals surface area contributed by atoms with Crippen LogP contribution in [0.15, 0.2) is 18.2 Å². The van der Waals surface area contributed by atoms with E-state index in [1.165, 1.54) is 0 Å². The first kappa shape index (κ1) is 34.8. The molecule has 3 aliphatic heterocycles. The standard InChI is InChI=1S/C34H53N5O6/c1-33(2,3)44-31(42)27-15-11-19-38(27)29(40)23-36-17-8-7-9-18-37(22-26-14-10-13-25(21-36)35-26)24-30(41)39-20-12-16-28(39)32(43)45-34(4,5)6/h10,13-14,27-28H,7-9,11-12,15-24H2,1-6H3. The predicted molar refractivity (Wildman–Crippen MR) is 170 cm³/mol. The Balaban J connectivity index is 1.39. The summed E-state index contributed by atoms with van der Waals surface area (Å²) in [6, 6.07) is 4.86. The third-order valence-corrected chi connectivity index (χ3v) is 8.31. The molecule has 4 heterocycles. The van der Waals surface area contributed by atoms with Crippen LogP contribution in [-0.4, -0.2) is 111 Å². The second-order valence-corrected chi connectivity index (χ2v) is 14.7. The number of esters is 2. The molecule has 2 saturated heterocycles. The largest absolute Gasteiger partial charge is 0.458 e. The molecule has 2 atom stereocenters. The van der Waals surface area contributed by atoms with E-state index in [1.54, 1.807) is 9.80 Å². The Labute approximate surface area is 268 Å². The van der Waals surface area contributed by atoms with Gasteiger partial charge < -0.3 is 19.3 Å². The molecule has 1 aromatic heterocycles. The van der Waals surface area contributed by atoms with Crippen LogP contribution in [0.4, 0.5) is 0 Å². The lowest BCUT2D eigenvalue weighted by atomic mass is 10.1. The van der Waals surface area contributed by atoms with Crippen molar-refractivity contribution < 1.29 is 28.7 Å². The van der Waals surface area contributed by atoms with Crippen LogP contribution in [0, 0.1) is 0 Å². The lowest BCUT2D eigenvalue weighted by molar-refractivity contribution is -0.163. The van der Waals surface area contributed by atoms with Gasteiger partial charge in [-0.25, -0.2) is 9.59 Å². The van der Waals surface area contributed by atoms with Gasteiger partial charge in [0.05, 0.1) is 24.5 Å². The predicted octanol–water partition coefficient (Wildman–Crippen LogP) is 3.53. The van der Waals surface area contributed by atoms with Gasteiger partial charge in [0.2, 0.25) is 11.8 Å². The van der Waals surface area contributed by atoms with E-state index >= 15 is 0 Å². The highest BCUT2D eigenvalue weighted by Crippen LogP contribution is 2.24. The summed E-state index contributed by atoms with van der Waals surface area (Å²) in [5.74, 6) is -0.764. The van der Waals surface area contributed by atoms with Crippen molar-refractivity contribution in [1.82, 2.24) is 24.6 Å². The summed E-state index contributed by atoms with van der Waals surface area (Å²) in [4.78, 5) is 65.1. The quantitative estimate of drug-likeness (QED) is 0.437. The maximum atomic E-state index is 13.5. The monoisotopic (exact) mass is 627 g/mol. The Hall–Kier alpha value is -3.05. The van der Waals surface area contributed by atoms with Gasteiger partial charge in [0, 0.05) is 26.2 Å². The molecule has 0 N–H and O–H groups in total. The molecule has 250 valence electrons.